The Bertz CT molecular complexity index is 478. The van der Waals surface area contributed by atoms with Crippen molar-refractivity contribution in [1.82, 2.24) is 10.2 Å². The number of rotatable bonds is 5. The summed E-state index contributed by atoms with van der Waals surface area (Å²) >= 11 is 0. The van der Waals surface area contributed by atoms with E-state index in [1.807, 2.05) is 0 Å². The molecule has 2 heteroatoms. The van der Waals surface area contributed by atoms with Crippen LogP contribution in [0.1, 0.15) is 50.6 Å². The zero-order chi connectivity index (χ0) is 14.3. The summed E-state index contributed by atoms with van der Waals surface area (Å²) in [6.45, 7) is 6.08. The minimum Gasteiger partial charge on any atom is -0.308 e. The Labute approximate surface area is 128 Å². The van der Waals surface area contributed by atoms with E-state index in [-0.39, 0.29) is 0 Å². The standard InChI is InChI=1S/C19H28N2/c1-19(17-9-10-17)14-21(12-11-15-7-8-15)18(13-20-19)16-5-3-2-4-6-16/h2-6,15,17-18,20H,7-14H2,1H3. The van der Waals surface area contributed by atoms with Gasteiger partial charge in [-0.2, -0.15) is 0 Å². The van der Waals surface area contributed by atoms with E-state index >= 15 is 0 Å². The first-order chi connectivity index (χ1) is 10.2. The van der Waals surface area contributed by atoms with Crippen LogP contribution < -0.4 is 5.32 Å². The van der Waals surface area contributed by atoms with E-state index in [0.717, 1.165) is 18.4 Å². The second kappa shape index (κ2) is 5.40. The van der Waals surface area contributed by atoms with Crippen LogP contribution in [0.15, 0.2) is 30.3 Å². The van der Waals surface area contributed by atoms with Gasteiger partial charge in [-0.15, -0.1) is 0 Å². The fourth-order valence-corrected chi connectivity index (χ4v) is 4.03. The van der Waals surface area contributed by atoms with Crippen LogP contribution in [0.3, 0.4) is 0 Å². The Balaban J connectivity index is 1.50. The maximum absolute atomic E-state index is 3.90. The third kappa shape index (κ3) is 3.02. The van der Waals surface area contributed by atoms with Crippen molar-refractivity contribution in [3.63, 3.8) is 0 Å². The molecule has 2 atom stereocenters. The maximum atomic E-state index is 3.90. The zero-order valence-corrected chi connectivity index (χ0v) is 13.2. The molecule has 2 aliphatic carbocycles. The van der Waals surface area contributed by atoms with E-state index in [1.54, 1.807) is 0 Å². The van der Waals surface area contributed by atoms with Crippen molar-refractivity contribution in [1.29, 1.82) is 0 Å². The Morgan fingerprint density at radius 1 is 1.14 bits per heavy atom. The van der Waals surface area contributed by atoms with E-state index < -0.39 is 0 Å². The molecule has 0 spiro atoms. The van der Waals surface area contributed by atoms with Gasteiger partial charge in [-0.1, -0.05) is 43.2 Å². The molecule has 2 nitrogen and oxygen atoms in total. The lowest BCUT2D eigenvalue weighted by Crippen LogP contribution is -2.61. The molecule has 1 aromatic rings. The summed E-state index contributed by atoms with van der Waals surface area (Å²) in [4.78, 5) is 2.78. The normalized spacial score (nSPS) is 34.0. The molecule has 0 aromatic heterocycles. The molecule has 0 bridgehead atoms. The maximum Gasteiger partial charge on any atom is 0.0473 e. The smallest absolute Gasteiger partial charge is 0.0473 e. The summed E-state index contributed by atoms with van der Waals surface area (Å²) < 4.78 is 0. The Morgan fingerprint density at radius 3 is 2.57 bits per heavy atom. The summed E-state index contributed by atoms with van der Waals surface area (Å²) in [6, 6.07) is 11.7. The van der Waals surface area contributed by atoms with Crippen molar-refractivity contribution in [3.8, 4) is 0 Å². The molecule has 1 aromatic carbocycles. The molecule has 0 amide bonds. The van der Waals surface area contributed by atoms with E-state index in [1.165, 1.54) is 50.8 Å². The molecule has 1 heterocycles. The van der Waals surface area contributed by atoms with E-state index in [0.29, 0.717) is 11.6 Å². The van der Waals surface area contributed by atoms with Crippen LogP contribution in [0, 0.1) is 11.8 Å². The van der Waals surface area contributed by atoms with Gasteiger partial charge in [-0.3, -0.25) is 4.90 Å². The second-order valence-corrected chi connectivity index (χ2v) is 7.70. The first-order valence-corrected chi connectivity index (χ1v) is 8.79. The Hall–Kier alpha value is -0.860. The predicted molar refractivity (Wildman–Crippen MR) is 87.2 cm³/mol. The van der Waals surface area contributed by atoms with E-state index in [9.17, 15) is 0 Å². The Kier molecular flexibility index (Phi) is 3.55. The lowest BCUT2D eigenvalue weighted by atomic mass is 9.89. The molecule has 4 rings (SSSR count). The van der Waals surface area contributed by atoms with Crippen LogP contribution in [-0.4, -0.2) is 30.1 Å². The third-order valence-electron chi connectivity index (χ3n) is 5.86. The van der Waals surface area contributed by atoms with Crippen LogP contribution in [0.4, 0.5) is 0 Å². The van der Waals surface area contributed by atoms with Crippen molar-refractivity contribution in [2.75, 3.05) is 19.6 Å². The largest absolute Gasteiger partial charge is 0.308 e. The first kappa shape index (κ1) is 13.8. The highest BCUT2D eigenvalue weighted by Crippen LogP contribution is 2.43. The van der Waals surface area contributed by atoms with Gasteiger partial charge in [-0.05, 0) is 50.1 Å². The van der Waals surface area contributed by atoms with Gasteiger partial charge in [0.2, 0.25) is 0 Å². The molecule has 2 saturated carbocycles. The first-order valence-electron chi connectivity index (χ1n) is 8.79. The Morgan fingerprint density at radius 2 is 1.90 bits per heavy atom. The summed E-state index contributed by atoms with van der Waals surface area (Å²) in [5.41, 5.74) is 1.84. The van der Waals surface area contributed by atoms with E-state index in [2.05, 4.69) is 47.5 Å². The number of hydrogen-bond donors (Lipinski definition) is 1. The van der Waals surface area contributed by atoms with Crippen LogP contribution in [-0.2, 0) is 0 Å². The number of hydrogen-bond acceptors (Lipinski definition) is 2. The molecule has 21 heavy (non-hydrogen) atoms. The SMILES string of the molecule is CC1(C2CC2)CN(CCC2CC2)C(c2ccccc2)CN1. The van der Waals surface area contributed by atoms with Gasteiger partial charge in [0.15, 0.2) is 0 Å². The third-order valence-corrected chi connectivity index (χ3v) is 5.86. The van der Waals surface area contributed by atoms with E-state index in [4.69, 9.17) is 0 Å². The van der Waals surface area contributed by atoms with Crippen molar-refractivity contribution < 1.29 is 0 Å². The van der Waals surface area contributed by atoms with Gasteiger partial charge >= 0.3 is 0 Å². The fraction of sp³-hybridized carbons (Fsp3) is 0.684. The monoisotopic (exact) mass is 284 g/mol. The molecule has 0 radical (unpaired) electrons. The molecule has 2 unspecified atom stereocenters. The average molecular weight is 284 g/mol. The molecule has 1 aliphatic heterocycles. The second-order valence-electron chi connectivity index (χ2n) is 7.70. The molecule has 114 valence electrons. The van der Waals surface area contributed by atoms with Crippen molar-refractivity contribution >= 4 is 0 Å². The summed E-state index contributed by atoms with van der Waals surface area (Å²) in [5, 5.41) is 3.90. The number of nitrogens with one attached hydrogen (secondary N) is 1. The molecular formula is C19H28N2. The number of benzene rings is 1. The van der Waals surface area contributed by atoms with Gasteiger partial charge in [0, 0.05) is 24.7 Å². The van der Waals surface area contributed by atoms with Crippen LogP contribution in [0.2, 0.25) is 0 Å². The van der Waals surface area contributed by atoms with Crippen LogP contribution in [0.25, 0.3) is 0 Å². The minimum absolute atomic E-state index is 0.356. The topological polar surface area (TPSA) is 15.3 Å². The molecular weight excluding hydrogens is 256 g/mol. The van der Waals surface area contributed by atoms with Crippen LogP contribution in [0.5, 0.6) is 0 Å². The van der Waals surface area contributed by atoms with Gasteiger partial charge in [0.1, 0.15) is 0 Å². The molecule has 1 saturated heterocycles. The lowest BCUT2D eigenvalue weighted by Gasteiger charge is -2.47. The number of piperazine rings is 1. The molecule has 3 fully saturated rings. The predicted octanol–water partition coefficient (Wildman–Crippen LogP) is 3.60. The van der Waals surface area contributed by atoms with Crippen LogP contribution >= 0.6 is 0 Å². The lowest BCUT2D eigenvalue weighted by molar-refractivity contribution is 0.0723. The molecule has 3 aliphatic rings. The average Bonchev–Trinajstić information content (AvgIpc) is 3.40. The van der Waals surface area contributed by atoms with Crippen molar-refractivity contribution in [3.05, 3.63) is 35.9 Å². The summed E-state index contributed by atoms with van der Waals surface area (Å²) in [6.07, 6.45) is 7.21. The van der Waals surface area contributed by atoms with Gasteiger partial charge in [-0.25, -0.2) is 0 Å². The summed E-state index contributed by atoms with van der Waals surface area (Å²) in [5.74, 6) is 1.95. The van der Waals surface area contributed by atoms with Gasteiger partial charge in [0.25, 0.3) is 0 Å². The minimum atomic E-state index is 0.356. The quantitative estimate of drug-likeness (QED) is 0.888. The fourth-order valence-electron chi connectivity index (χ4n) is 4.03. The van der Waals surface area contributed by atoms with Gasteiger partial charge < -0.3 is 5.32 Å². The molecule has 1 N–H and O–H groups in total. The highest BCUT2D eigenvalue weighted by molar-refractivity contribution is 5.21. The highest BCUT2D eigenvalue weighted by Gasteiger charge is 2.46. The summed E-state index contributed by atoms with van der Waals surface area (Å²) in [7, 11) is 0. The zero-order valence-electron chi connectivity index (χ0n) is 13.2. The van der Waals surface area contributed by atoms with Crippen molar-refractivity contribution in [2.24, 2.45) is 11.8 Å². The number of nitrogens with zero attached hydrogens (tertiary/aromatic N) is 1. The highest BCUT2D eigenvalue weighted by atomic mass is 15.3. The van der Waals surface area contributed by atoms with Crippen molar-refractivity contribution in [2.45, 2.75) is 50.6 Å². The van der Waals surface area contributed by atoms with Gasteiger partial charge in [0.05, 0.1) is 0 Å².